The number of rotatable bonds is 4. The van der Waals surface area contributed by atoms with Crippen LogP contribution in [0, 0.1) is 11.3 Å². The summed E-state index contributed by atoms with van der Waals surface area (Å²) in [4.78, 5) is 29.9. The zero-order valence-corrected chi connectivity index (χ0v) is 15.2. The fourth-order valence-corrected chi connectivity index (χ4v) is 3.56. The molecule has 2 N–H and O–H groups in total. The molecule has 0 unspecified atom stereocenters. The maximum Gasteiger partial charge on any atom is 0.292 e. The van der Waals surface area contributed by atoms with Crippen LogP contribution < -0.4 is 10.6 Å². The van der Waals surface area contributed by atoms with Gasteiger partial charge in [0.05, 0.1) is 16.8 Å². The monoisotopic (exact) mass is 373 g/mol. The van der Waals surface area contributed by atoms with Gasteiger partial charge in [0.25, 0.3) is 11.8 Å². The van der Waals surface area contributed by atoms with Gasteiger partial charge in [-0.1, -0.05) is 31.0 Å². The van der Waals surface area contributed by atoms with Crippen LogP contribution in [0.1, 0.15) is 52.4 Å². The standard InChI is InChI=1S/C21H19N5O2/c22-13-14-7-1-4-10-16(14)24-21(28)19-25-18(17-11-5-6-12-26(17)19)20(27)23-15-8-2-3-9-15/h1,4-7,10-12,15H,2-3,8-9H2,(H,23,27)(H,24,28). The number of carbonyl (C=O) groups excluding carboxylic acids is 2. The predicted octanol–water partition coefficient (Wildman–Crippen LogP) is 3.13. The summed E-state index contributed by atoms with van der Waals surface area (Å²) >= 11 is 0. The minimum Gasteiger partial charge on any atom is -0.348 e. The van der Waals surface area contributed by atoms with E-state index in [2.05, 4.69) is 15.6 Å². The summed E-state index contributed by atoms with van der Waals surface area (Å²) < 4.78 is 1.59. The van der Waals surface area contributed by atoms with Crippen molar-refractivity contribution in [3.05, 3.63) is 65.7 Å². The summed E-state index contributed by atoms with van der Waals surface area (Å²) in [5.41, 5.74) is 1.55. The largest absolute Gasteiger partial charge is 0.348 e. The summed E-state index contributed by atoms with van der Waals surface area (Å²) in [7, 11) is 0. The number of carbonyl (C=O) groups is 2. The van der Waals surface area contributed by atoms with Crippen LogP contribution in [0.2, 0.25) is 0 Å². The van der Waals surface area contributed by atoms with E-state index < -0.39 is 5.91 Å². The molecule has 1 saturated carbocycles. The van der Waals surface area contributed by atoms with Crippen LogP contribution in [0.25, 0.3) is 5.52 Å². The van der Waals surface area contributed by atoms with Crippen molar-refractivity contribution in [3.8, 4) is 6.07 Å². The van der Waals surface area contributed by atoms with Gasteiger partial charge in [-0.3, -0.25) is 14.0 Å². The number of benzene rings is 1. The van der Waals surface area contributed by atoms with Crippen LogP contribution in [-0.2, 0) is 0 Å². The minimum atomic E-state index is -0.483. The van der Waals surface area contributed by atoms with E-state index in [4.69, 9.17) is 0 Å². The molecule has 2 aromatic heterocycles. The van der Waals surface area contributed by atoms with Gasteiger partial charge in [-0.25, -0.2) is 4.98 Å². The SMILES string of the molecule is N#Cc1ccccc1NC(=O)c1nc(C(=O)NC2CCCC2)c2ccccn12. The van der Waals surface area contributed by atoms with Gasteiger partial charge in [0.1, 0.15) is 6.07 Å². The Labute approximate surface area is 162 Å². The number of nitrogens with zero attached hydrogens (tertiary/aromatic N) is 3. The molecule has 2 heterocycles. The van der Waals surface area contributed by atoms with Gasteiger partial charge in [-0.15, -0.1) is 0 Å². The Morgan fingerprint density at radius 1 is 1.07 bits per heavy atom. The van der Waals surface area contributed by atoms with Crippen molar-refractivity contribution in [2.45, 2.75) is 31.7 Å². The number of anilines is 1. The number of imidazole rings is 1. The molecule has 140 valence electrons. The average Bonchev–Trinajstić information content (AvgIpc) is 3.36. The van der Waals surface area contributed by atoms with E-state index in [0.717, 1.165) is 25.7 Å². The van der Waals surface area contributed by atoms with Crippen LogP contribution in [0.5, 0.6) is 0 Å². The molecule has 7 heteroatoms. The number of amides is 2. The molecule has 0 atom stereocenters. The third-order valence-electron chi connectivity index (χ3n) is 4.95. The van der Waals surface area contributed by atoms with Gasteiger partial charge in [-0.2, -0.15) is 5.26 Å². The molecular formula is C21H19N5O2. The number of fused-ring (bicyclic) bond motifs is 1. The van der Waals surface area contributed by atoms with Gasteiger partial charge < -0.3 is 10.6 Å². The number of hydrogen-bond acceptors (Lipinski definition) is 4. The van der Waals surface area contributed by atoms with Gasteiger partial charge >= 0.3 is 0 Å². The average molecular weight is 373 g/mol. The Bertz CT molecular complexity index is 1090. The topological polar surface area (TPSA) is 99.3 Å². The second-order valence-electron chi connectivity index (χ2n) is 6.81. The number of hydrogen-bond donors (Lipinski definition) is 2. The predicted molar refractivity (Wildman–Crippen MR) is 104 cm³/mol. The van der Waals surface area contributed by atoms with Crippen molar-refractivity contribution in [1.82, 2.24) is 14.7 Å². The number of nitriles is 1. The number of aromatic nitrogens is 2. The van der Waals surface area contributed by atoms with E-state index in [1.54, 1.807) is 53.1 Å². The van der Waals surface area contributed by atoms with Gasteiger partial charge in [0.15, 0.2) is 5.69 Å². The number of pyridine rings is 1. The van der Waals surface area contributed by atoms with Crippen molar-refractivity contribution >= 4 is 23.0 Å². The highest BCUT2D eigenvalue weighted by molar-refractivity contribution is 6.06. The van der Waals surface area contributed by atoms with Crippen molar-refractivity contribution in [1.29, 1.82) is 5.26 Å². The summed E-state index contributed by atoms with van der Waals surface area (Å²) in [6, 6.07) is 14.3. The normalized spacial score (nSPS) is 14.0. The number of para-hydroxylation sites is 1. The molecule has 4 rings (SSSR count). The lowest BCUT2D eigenvalue weighted by Crippen LogP contribution is -2.33. The van der Waals surface area contributed by atoms with E-state index >= 15 is 0 Å². The van der Waals surface area contributed by atoms with Gasteiger partial charge in [-0.05, 0) is 37.1 Å². The molecule has 0 spiro atoms. The first-order chi connectivity index (χ1) is 13.7. The first kappa shape index (κ1) is 17.7. The zero-order chi connectivity index (χ0) is 19.5. The maximum atomic E-state index is 12.8. The lowest BCUT2D eigenvalue weighted by Gasteiger charge is -2.10. The second kappa shape index (κ2) is 7.53. The highest BCUT2D eigenvalue weighted by atomic mass is 16.2. The second-order valence-corrected chi connectivity index (χ2v) is 6.81. The van der Waals surface area contributed by atoms with Crippen LogP contribution in [-0.4, -0.2) is 27.2 Å². The minimum absolute atomic E-state index is 0.0971. The Balaban J connectivity index is 1.66. The Hall–Kier alpha value is -3.66. The molecule has 2 amide bonds. The maximum absolute atomic E-state index is 12.8. The molecule has 0 bridgehead atoms. The molecule has 0 radical (unpaired) electrons. The summed E-state index contributed by atoms with van der Waals surface area (Å²) in [5, 5.41) is 14.9. The molecule has 0 saturated heterocycles. The third-order valence-corrected chi connectivity index (χ3v) is 4.95. The summed E-state index contributed by atoms with van der Waals surface area (Å²) in [6.45, 7) is 0. The molecule has 1 aromatic carbocycles. The fourth-order valence-electron chi connectivity index (χ4n) is 3.56. The molecule has 1 aliphatic carbocycles. The van der Waals surface area contributed by atoms with E-state index in [1.807, 2.05) is 6.07 Å². The van der Waals surface area contributed by atoms with Crippen molar-refractivity contribution in [2.75, 3.05) is 5.32 Å². The molecule has 0 aliphatic heterocycles. The van der Waals surface area contributed by atoms with Crippen LogP contribution >= 0.6 is 0 Å². The highest BCUT2D eigenvalue weighted by Crippen LogP contribution is 2.20. The quantitative estimate of drug-likeness (QED) is 0.734. The first-order valence-electron chi connectivity index (χ1n) is 9.26. The van der Waals surface area contributed by atoms with Gasteiger partial charge in [0.2, 0.25) is 5.82 Å². The smallest absolute Gasteiger partial charge is 0.292 e. The summed E-state index contributed by atoms with van der Waals surface area (Å²) in [5.74, 6) is -0.657. The number of nitrogens with one attached hydrogen (secondary N) is 2. The summed E-state index contributed by atoms with van der Waals surface area (Å²) in [6.07, 6.45) is 5.85. The Morgan fingerprint density at radius 3 is 2.61 bits per heavy atom. The van der Waals surface area contributed by atoms with E-state index in [1.165, 1.54) is 0 Å². The lowest BCUT2D eigenvalue weighted by molar-refractivity contribution is 0.0935. The van der Waals surface area contributed by atoms with Crippen LogP contribution in [0.3, 0.4) is 0 Å². The lowest BCUT2D eigenvalue weighted by atomic mass is 10.2. The molecular weight excluding hydrogens is 354 g/mol. The highest BCUT2D eigenvalue weighted by Gasteiger charge is 2.24. The third kappa shape index (κ3) is 3.32. The fraction of sp³-hybridized carbons (Fsp3) is 0.238. The van der Waals surface area contributed by atoms with Crippen LogP contribution in [0.4, 0.5) is 5.69 Å². The van der Waals surface area contributed by atoms with Gasteiger partial charge in [0, 0.05) is 12.2 Å². The van der Waals surface area contributed by atoms with Crippen molar-refractivity contribution in [2.24, 2.45) is 0 Å². The zero-order valence-electron chi connectivity index (χ0n) is 15.2. The Kier molecular flexibility index (Phi) is 4.77. The Morgan fingerprint density at radius 2 is 1.82 bits per heavy atom. The molecule has 1 fully saturated rings. The van der Waals surface area contributed by atoms with E-state index in [-0.39, 0.29) is 23.5 Å². The molecule has 7 nitrogen and oxygen atoms in total. The van der Waals surface area contributed by atoms with Crippen molar-refractivity contribution < 1.29 is 9.59 Å². The molecule has 28 heavy (non-hydrogen) atoms. The molecule has 3 aromatic rings. The van der Waals surface area contributed by atoms with Crippen molar-refractivity contribution in [3.63, 3.8) is 0 Å². The van der Waals surface area contributed by atoms with Crippen LogP contribution in [0.15, 0.2) is 48.7 Å². The van der Waals surface area contributed by atoms with E-state index in [0.29, 0.717) is 16.8 Å². The molecule has 1 aliphatic rings. The van der Waals surface area contributed by atoms with E-state index in [9.17, 15) is 14.9 Å². The first-order valence-corrected chi connectivity index (χ1v) is 9.26.